The number of nitrogens with one attached hydrogen (secondary N) is 6. The van der Waals surface area contributed by atoms with Crippen LogP contribution in [0.2, 0.25) is 0 Å². The highest BCUT2D eigenvalue weighted by Crippen LogP contribution is 2.35. The van der Waals surface area contributed by atoms with Gasteiger partial charge in [-0.2, -0.15) is 16.8 Å². The van der Waals surface area contributed by atoms with E-state index in [2.05, 4.69) is 32.1 Å². The van der Waals surface area contributed by atoms with Crippen LogP contribution < -0.4 is 32.1 Å². The molecule has 4 aromatic rings. The average molecular weight is 893 g/mol. The van der Waals surface area contributed by atoms with Crippen LogP contribution in [0.25, 0.3) is 12.2 Å². The number of hydrogen-bond acceptors (Lipinski definition) is 16. The second kappa shape index (κ2) is 19.9. The van der Waals surface area contributed by atoms with Crippen LogP contribution in [0.15, 0.2) is 152 Å². The Balaban J connectivity index is 1.23. The lowest BCUT2D eigenvalue weighted by Gasteiger charge is -2.28. The van der Waals surface area contributed by atoms with E-state index in [-0.39, 0.29) is 36.4 Å². The Morgan fingerprint density at radius 2 is 0.867 bits per heavy atom. The van der Waals surface area contributed by atoms with Gasteiger partial charge in [-0.15, -0.1) is 0 Å². The second-order valence-electron chi connectivity index (χ2n) is 13.4. The third kappa shape index (κ3) is 12.6. The smallest absolute Gasteiger partial charge is 0.295 e. The number of hydrazine groups is 2. The predicted octanol–water partition coefficient (Wildman–Crippen LogP) is 6.46. The van der Waals surface area contributed by atoms with Gasteiger partial charge in [0.05, 0.1) is 58.1 Å². The molecule has 4 aromatic carbocycles. The van der Waals surface area contributed by atoms with E-state index in [9.17, 15) is 36.2 Å². The molecule has 0 spiro atoms. The number of anilines is 4. The molecule has 6 rings (SSSR count). The van der Waals surface area contributed by atoms with Crippen LogP contribution in [0.4, 0.5) is 22.7 Å². The van der Waals surface area contributed by atoms with Gasteiger partial charge in [0.25, 0.3) is 20.2 Å². The van der Waals surface area contributed by atoms with Crippen LogP contribution in [-0.2, 0) is 20.2 Å². The maximum atomic E-state index is 12.7. The second-order valence-corrected chi connectivity index (χ2v) is 18.4. The zero-order valence-corrected chi connectivity index (χ0v) is 35.5. The van der Waals surface area contributed by atoms with Crippen molar-refractivity contribution in [1.29, 1.82) is 0 Å². The highest BCUT2D eigenvalue weighted by Gasteiger charge is 2.21. The van der Waals surface area contributed by atoms with Gasteiger partial charge in [-0.25, -0.2) is 10.9 Å². The first-order valence-electron chi connectivity index (χ1n) is 18.3. The fourth-order valence-electron chi connectivity index (χ4n) is 5.63. The molecule has 2 aliphatic rings. The van der Waals surface area contributed by atoms with Crippen molar-refractivity contribution in [3.05, 3.63) is 153 Å². The van der Waals surface area contributed by atoms with Crippen LogP contribution in [0.5, 0.6) is 0 Å². The van der Waals surface area contributed by atoms with Gasteiger partial charge in [-0.1, -0.05) is 84.2 Å². The number of rotatable bonds is 18. The topological polar surface area (TPSA) is 228 Å². The lowest BCUT2D eigenvalue weighted by atomic mass is 10.1. The molecule has 0 amide bonds. The highest BCUT2D eigenvalue weighted by molar-refractivity contribution is 8.07. The Bertz CT molecular complexity index is 2360. The van der Waals surface area contributed by atoms with Crippen molar-refractivity contribution in [2.45, 2.75) is 35.7 Å². The van der Waals surface area contributed by atoms with Crippen molar-refractivity contribution in [3.63, 3.8) is 0 Å². The molecular formula is C40H44N8O8S4. The molecule has 2 heterocycles. The minimum atomic E-state index is -4.79. The fraction of sp³-hybridized carbons (Fsp3) is 0.150. The zero-order valence-electron chi connectivity index (χ0n) is 32.2. The van der Waals surface area contributed by atoms with E-state index in [1.165, 1.54) is 59.9 Å². The van der Waals surface area contributed by atoms with E-state index in [0.29, 0.717) is 31.5 Å². The largest absolute Gasteiger partial charge is 0.395 e. The molecule has 0 fully saturated rings. The van der Waals surface area contributed by atoms with Crippen molar-refractivity contribution >= 4 is 78.7 Å². The Kier molecular flexibility index (Phi) is 14.7. The lowest BCUT2D eigenvalue weighted by Crippen LogP contribution is -2.40. The molecule has 2 atom stereocenters. The molecule has 2 aliphatic heterocycles. The van der Waals surface area contributed by atoms with Crippen molar-refractivity contribution in [3.8, 4) is 0 Å². The number of nitrogens with zero attached hydrogens (tertiary/aromatic N) is 2. The summed E-state index contributed by atoms with van der Waals surface area (Å²) in [6, 6.07) is 26.9. The average Bonchev–Trinajstić information content (AvgIpc) is 3.20. The third-order valence-electron chi connectivity index (χ3n) is 8.39. The van der Waals surface area contributed by atoms with Crippen LogP contribution in [-0.4, -0.2) is 71.5 Å². The number of para-hydroxylation sites is 2. The summed E-state index contributed by atoms with van der Waals surface area (Å²) in [6.45, 7) is 3.36. The molecule has 20 heteroatoms. The molecule has 0 aromatic heterocycles. The molecule has 2 unspecified atom stereocenters. The maximum Gasteiger partial charge on any atom is 0.295 e. The first-order valence-corrected chi connectivity index (χ1v) is 22.8. The van der Waals surface area contributed by atoms with Gasteiger partial charge in [0.2, 0.25) is 0 Å². The number of aliphatic hydroxyl groups is 2. The van der Waals surface area contributed by atoms with Gasteiger partial charge in [0, 0.05) is 34.8 Å². The van der Waals surface area contributed by atoms with Gasteiger partial charge in [-0.05, 0) is 73.5 Å². The van der Waals surface area contributed by atoms with Crippen LogP contribution in [0.1, 0.15) is 25.0 Å². The number of benzene rings is 4. The van der Waals surface area contributed by atoms with Crippen molar-refractivity contribution in [1.82, 2.24) is 20.9 Å². The monoisotopic (exact) mass is 892 g/mol. The minimum Gasteiger partial charge on any atom is -0.395 e. The molecule has 0 bridgehead atoms. The number of aliphatic hydroxyl groups excluding tert-OH is 2. The standard InChI is InChI=1S/C40H44N8O8S4/c1-27(25-49)45-47-21-37(41-31-9-5-3-6-10-31)57-39(23-47)43-33-17-15-29(35(19-33)59(51,52)53)13-14-30-16-18-34(20-36(30)60(54,55)56)44-40-24-48(46-28(2)26-50)22-38(58-40)42-32-11-7-4-8-12-32/h3-24,27-28,41-46,49-50H,25-26H2,1-2H3,(H,51,52,53)(H,54,55,56). The van der Waals surface area contributed by atoms with E-state index in [1.54, 1.807) is 60.8 Å². The van der Waals surface area contributed by atoms with E-state index in [4.69, 9.17) is 0 Å². The number of hydrogen-bond donors (Lipinski definition) is 10. The molecular weight excluding hydrogens is 849 g/mol. The normalized spacial score (nSPS) is 15.7. The van der Waals surface area contributed by atoms with Gasteiger partial charge >= 0.3 is 0 Å². The number of thioether (sulfide) groups is 2. The minimum absolute atomic E-state index is 0.0434. The van der Waals surface area contributed by atoms with E-state index in [1.807, 2.05) is 60.7 Å². The van der Waals surface area contributed by atoms with Gasteiger partial charge in [-0.3, -0.25) is 19.1 Å². The molecule has 60 heavy (non-hydrogen) atoms. The highest BCUT2D eigenvalue weighted by atomic mass is 32.2. The summed E-state index contributed by atoms with van der Waals surface area (Å²) in [5.41, 5.74) is 8.66. The summed E-state index contributed by atoms with van der Waals surface area (Å²) >= 11 is 2.65. The molecule has 0 radical (unpaired) electrons. The van der Waals surface area contributed by atoms with Gasteiger partial charge in [0.1, 0.15) is 9.79 Å². The quantitative estimate of drug-likeness (QED) is 0.0382. The Morgan fingerprint density at radius 1 is 0.533 bits per heavy atom. The zero-order chi connectivity index (χ0) is 42.9. The molecule has 16 nitrogen and oxygen atoms in total. The summed E-state index contributed by atoms with van der Waals surface area (Å²) in [7, 11) is -9.59. The molecule has 0 aliphatic carbocycles. The molecule has 0 saturated carbocycles. The van der Waals surface area contributed by atoms with Crippen molar-refractivity contribution in [2.24, 2.45) is 0 Å². The fourth-order valence-corrected chi connectivity index (χ4v) is 8.87. The van der Waals surface area contributed by atoms with Crippen LogP contribution in [0, 0.1) is 0 Å². The van der Waals surface area contributed by atoms with E-state index < -0.39 is 30.0 Å². The molecule has 316 valence electrons. The van der Waals surface area contributed by atoms with Gasteiger partial charge in [0.15, 0.2) is 0 Å². The third-order valence-corrected chi connectivity index (χ3v) is 11.9. The van der Waals surface area contributed by atoms with E-state index >= 15 is 0 Å². The Labute approximate surface area is 357 Å². The van der Waals surface area contributed by atoms with Crippen molar-refractivity contribution in [2.75, 3.05) is 34.5 Å². The van der Waals surface area contributed by atoms with Crippen LogP contribution >= 0.6 is 23.5 Å². The van der Waals surface area contributed by atoms with Gasteiger partial charge < -0.3 is 31.5 Å². The van der Waals surface area contributed by atoms with Crippen molar-refractivity contribution < 1.29 is 36.2 Å². The first kappa shape index (κ1) is 44.3. The summed E-state index contributed by atoms with van der Waals surface area (Å²) in [6.07, 6.45) is 9.67. The Hall–Kier alpha value is -5.26. The summed E-state index contributed by atoms with van der Waals surface area (Å²) in [5, 5.41) is 38.1. The lowest BCUT2D eigenvalue weighted by molar-refractivity contribution is 0.203. The summed E-state index contributed by atoms with van der Waals surface area (Å²) < 4.78 is 71.3. The van der Waals surface area contributed by atoms with Crippen LogP contribution in [0.3, 0.4) is 0 Å². The Morgan fingerprint density at radius 3 is 1.18 bits per heavy atom. The summed E-state index contributed by atoms with van der Waals surface area (Å²) in [5.74, 6) is 0. The summed E-state index contributed by atoms with van der Waals surface area (Å²) in [4.78, 5) is -0.913. The molecule has 10 N–H and O–H groups in total. The maximum absolute atomic E-state index is 12.7. The predicted molar refractivity (Wildman–Crippen MR) is 239 cm³/mol. The van der Waals surface area contributed by atoms with E-state index in [0.717, 1.165) is 11.4 Å². The molecule has 0 saturated heterocycles. The SMILES string of the molecule is CC(CO)NN1C=C(Nc2ccccc2)SC(Nc2ccc(C=Cc3ccc(NC4=CN(NC(C)CO)C=C(Nc5ccccc5)S4)cc3S(=O)(=O)O)c(S(=O)(=O)O)c2)=C1. The first-order chi connectivity index (χ1) is 28.6.